The van der Waals surface area contributed by atoms with Gasteiger partial charge in [0.1, 0.15) is 0 Å². The Balaban J connectivity index is 1.80. The first-order valence-electron chi connectivity index (χ1n) is 7.31. The van der Waals surface area contributed by atoms with Gasteiger partial charge in [0, 0.05) is 12.6 Å². The molecule has 3 aliphatic rings. The van der Waals surface area contributed by atoms with Crippen LogP contribution in [0.5, 0.6) is 0 Å². The Morgan fingerprint density at radius 1 is 1.30 bits per heavy atom. The third kappa shape index (κ3) is 1.55. The summed E-state index contributed by atoms with van der Waals surface area (Å²) in [4.78, 5) is 9.37. The fourth-order valence-corrected chi connectivity index (χ4v) is 4.46. The Bertz CT molecular complexity index is 573. The smallest absolute Gasteiger partial charge is 0.196 e. The molecule has 3 heterocycles. The van der Waals surface area contributed by atoms with Crippen molar-refractivity contribution in [3.05, 3.63) is 29.3 Å². The van der Waals surface area contributed by atoms with E-state index >= 15 is 0 Å². The van der Waals surface area contributed by atoms with E-state index in [4.69, 9.17) is 17.3 Å². The highest BCUT2D eigenvalue weighted by atomic mass is 35.5. The molecule has 0 aromatic heterocycles. The van der Waals surface area contributed by atoms with Crippen molar-refractivity contribution >= 4 is 23.2 Å². The second-order valence-electron chi connectivity index (χ2n) is 6.01. The molecule has 0 saturated carbocycles. The highest BCUT2D eigenvalue weighted by Gasteiger charge is 2.56. The molecular formula is C15H19ClN4. The van der Waals surface area contributed by atoms with E-state index in [1.807, 2.05) is 18.2 Å². The molecule has 2 N–H and O–H groups in total. The Hall–Kier alpha value is -1.26. The van der Waals surface area contributed by atoms with E-state index in [2.05, 4.69) is 20.9 Å². The van der Waals surface area contributed by atoms with E-state index in [0.29, 0.717) is 12.0 Å². The van der Waals surface area contributed by atoms with Gasteiger partial charge in [-0.15, -0.1) is 0 Å². The second kappa shape index (κ2) is 4.37. The van der Waals surface area contributed by atoms with Crippen LogP contribution in [0.1, 0.15) is 19.3 Å². The summed E-state index contributed by atoms with van der Waals surface area (Å²) in [5.41, 5.74) is 7.24. The Morgan fingerprint density at radius 3 is 3.00 bits per heavy atom. The van der Waals surface area contributed by atoms with Gasteiger partial charge in [0.2, 0.25) is 0 Å². The predicted octanol–water partition coefficient (Wildman–Crippen LogP) is 2.08. The van der Waals surface area contributed by atoms with Crippen LogP contribution in [0.15, 0.2) is 29.3 Å². The number of benzene rings is 1. The zero-order valence-corrected chi connectivity index (χ0v) is 12.2. The lowest BCUT2D eigenvalue weighted by Gasteiger charge is -2.40. The van der Waals surface area contributed by atoms with Crippen LogP contribution in [0, 0.1) is 0 Å². The molecule has 4 nitrogen and oxygen atoms in total. The van der Waals surface area contributed by atoms with Crippen molar-refractivity contribution in [2.75, 3.05) is 24.5 Å². The summed E-state index contributed by atoms with van der Waals surface area (Å²) in [6.07, 6.45) is 3.64. The minimum absolute atomic E-state index is 0.0194. The number of halogens is 1. The average molecular weight is 291 g/mol. The molecule has 2 saturated heterocycles. The van der Waals surface area contributed by atoms with Crippen LogP contribution >= 0.6 is 11.6 Å². The number of aliphatic imine (C=N–C) groups is 1. The molecule has 1 spiro atoms. The monoisotopic (exact) mass is 290 g/mol. The van der Waals surface area contributed by atoms with Gasteiger partial charge in [-0.2, -0.15) is 0 Å². The van der Waals surface area contributed by atoms with Gasteiger partial charge in [-0.05, 0) is 37.9 Å². The summed E-state index contributed by atoms with van der Waals surface area (Å²) in [7, 11) is 0. The number of para-hydroxylation sites is 1. The zero-order valence-electron chi connectivity index (χ0n) is 11.4. The van der Waals surface area contributed by atoms with Crippen LogP contribution in [0.25, 0.3) is 0 Å². The molecule has 2 fully saturated rings. The molecule has 0 bridgehead atoms. The van der Waals surface area contributed by atoms with Crippen molar-refractivity contribution in [2.24, 2.45) is 10.7 Å². The van der Waals surface area contributed by atoms with Gasteiger partial charge in [-0.1, -0.05) is 23.7 Å². The number of hydrogen-bond donors (Lipinski definition) is 1. The molecule has 1 aromatic rings. The van der Waals surface area contributed by atoms with Crippen LogP contribution in [0.4, 0.5) is 5.69 Å². The fourth-order valence-electron chi connectivity index (χ4n) is 4.24. The molecule has 1 aromatic carbocycles. The largest absolute Gasteiger partial charge is 0.369 e. The van der Waals surface area contributed by atoms with Gasteiger partial charge in [-0.3, -0.25) is 9.89 Å². The van der Waals surface area contributed by atoms with E-state index in [0.717, 1.165) is 30.2 Å². The van der Waals surface area contributed by atoms with Gasteiger partial charge in [0.05, 0.1) is 22.8 Å². The van der Waals surface area contributed by atoms with Gasteiger partial charge >= 0.3 is 0 Å². The van der Waals surface area contributed by atoms with Gasteiger partial charge in [0.15, 0.2) is 5.96 Å². The molecule has 2 unspecified atom stereocenters. The third-order valence-electron chi connectivity index (χ3n) is 5.10. The predicted molar refractivity (Wildman–Crippen MR) is 82.4 cm³/mol. The van der Waals surface area contributed by atoms with Crippen molar-refractivity contribution in [3.8, 4) is 0 Å². The van der Waals surface area contributed by atoms with Crippen LogP contribution < -0.4 is 10.6 Å². The minimum Gasteiger partial charge on any atom is -0.369 e. The van der Waals surface area contributed by atoms with E-state index in [1.54, 1.807) is 0 Å². The summed E-state index contributed by atoms with van der Waals surface area (Å²) in [5, 5.41) is 0.753. The normalized spacial score (nSPS) is 33.0. The zero-order chi connectivity index (χ0) is 13.7. The molecule has 5 heteroatoms. The third-order valence-corrected chi connectivity index (χ3v) is 5.42. The van der Waals surface area contributed by atoms with Gasteiger partial charge in [0.25, 0.3) is 0 Å². The molecule has 2 atom stereocenters. The number of guanidine groups is 1. The highest BCUT2D eigenvalue weighted by molar-refractivity contribution is 6.34. The summed E-state index contributed by atoms with van der Waals surface area (Å²) in [6.45, 7) is 3.16. The average Bonchev–Trinajstić information content (AvgIpc) is 3.10. The lowest BCUT2D eigenvalue weighted by atomic mass is 9.87. The standard InChI is InChI=1S/C15H19ClN4/c16-11-4-1-2-5-12(11)20-14(17)18-10-15(20)7-9-19-8-3-6-13(15)19/h1-2,4-5,13H,3,6-10H2,(H2,17,18). The number of nitrogens with two attached hydrogens (primary N) is 1. The van der Waals surface area contributed by atoms with Crippen molar-refractivity contribution < 1.29 is 0 Å². The molecule has 20 heavy (non-hydrogen) atoms. The maximum Gasteiger partial charge on any atom is 0.196 e. The van der Waals surface area contributed by atoms with Crippen molar-refractivity contribution in [3.63, 3.8) is 0 Å². The molecule has 106 valence electrons. The van der Waals surface area contributed by atoms with Crippen LogP contribution in [0.3, 0.4) is 0 Å². The number of fused-ring (bicyclic) bond motifs is 2. The summed E-state index contributed by atoms with van der Waals surface area (Å²) >= 11 is 6.41. The quantitative estimate of drug-likeness (QED) is 0.861. The van der Waals surface area contributed by atoms with Crippen molar-refractivity contribution in [1.29, 1.82) is 0 Å². The first-order chi connectivity index (χ1) is 9.72. The van der Waals surface area contributed by atoms with Crippen molar-refractivity contribution in [2.45, 2.75) is 30.8 Å². The number of anilines is 1. The van der Waals surface area contributed by atoms with Gasteiger partial charge in [-0.25, -0.2) is 0 Å². The molecular weight excluding hydrogens is 272 g/mol. The molecule has 0 amide bonds. The summed E-state index contributed by atoms with van der Waals surface area (Å²) in [5.74, 6) is 0.617. The van der Waals surface area contributed by atoms with E-state index in [1.165, 1.54) is 19.4 Å². The topological polar surface area (TPSA) is 44.9 Å². The lowest BCUT2D eigenvalue weighted by molar-refractivity contribution is 0.274. The van der Waals surface area contributed by atoms with Crippen molar-refractivity contribution in [1.82, 2.24) is 4.90 Å². The molecule has 0 radical (unpaired) electrons. The first-order valence-corrected chi connectivity index (χ1v) is 7.69. The maximum absolute atomic E-state index is 6.41. The van der Waals surface area contributed by atoms with Crippen LogP contribution in [-0.4, -0.2) is 42.1 Å². The highest BCUT2D eigenvalue weighted by Crippen LogP contribution is 2.45. The first kappa shape index (κ1) is 12.5. The summed E-state index contributed by atoms with van der Waals surface area (Å²) in [6, 6.07) is 8.51. The fraction of sp³-hybridized carbons (Fsp3) is 0.533. The molecule has 4 rings (SSSR count). The Kier molecular flexibility index (Phi) is 2.72. The SMILES string of the molecule is NC1=NCC2(CCN3CCCC32)N1c1ccccc1Cl. The van der Waals surface area contributed by atoms with E-state index in [9.17, 15) is 0 Å². The number of hydrogen-bond acceptors (Lipinski definition) is 4. The Morgan fingerprint density at radius 2 is 2.15 bits per heavy atom. The maximum atomic E-state index is 6.41. The van der Waals surface area contributed by atoms with Gasteiger partial charge < -0.3 is 10.6 Å². The second-order valence-corrected chi connectivity index (χ2v) is 6.42. The van der Waals surface area contributed by atoms with Crippen LogP contribution in [0.2, 0.25) is 5.02 Å². The number of nitrogens with zero attached hydrogens (tertiary/aromatic N) is 3. The summed E-state index contributed by atoms with van der Waals surface area (Å²) < 4.78 is 0. The molecule has 3 aliphatic heterocycles. The van der Waals surface area contributed by atoms with E-state index in [-0.39, 0.29) is 5.54 Å². The molecule has 0 aliphatic carbocycles. The van der Waals surface area contributed by atoms with Crippen LogP contribution in [-0.2, 0) is 0 Å². The lowest BCUT2D eigenvalue weighted by Crippen LogP contribution is -2.58. The number of rotatable bonds is 1. The van der Waals surface area contributed by atoms with E-state index < -0.39 is 0 Å². The Labute approximate surface area is 124 Å². The minimum atomic E-state index is 0.0194.